The van der Waals surface area contributed by atoms with E-state index < -0.39 is 27.9 Å². The summed E-state index contributed by atoms with van der Waals surface area (Å²) in [6.07, 6.45) is 2.40. The highest BCUT2D eigenvalue weighted by molar-refractivity contribution is 7.89. The number of rotatable bonds is 7. The lowest BCUT2D eigenvalue weighted by atomic mass is 9.99. The summed E-state index contributed by atoms with van der Waals surface area (Å²) in [5.41, 5.74) is 0.295. The number of esters is 1. The van der Waals surface area contributed by atoms with Gasteiger partial charge in [-0.2, -0.15) is 4.31 Å². The summed E-state index contributed by atoms with van der Waals surface area (Å²) >= 11 is 0. The van der Waals surface area contributed by atoms with Crippen molar-refractivity contribution in [1.82, 2.24) is 9.62 Å². The largest absolute Gasteiger partial charge is 0.467 e. The third-order valence-corrected chi connectivity index (χ3v) is 7.36. The van der Waals surface area contributed by atoms with Gasteiger partial charge in [0.1, 0.15) is 6.04 Å². The first kappa shape index (κ1) is 22.4. The molecule has 1 heterocycles. The summed E-state index contributed by atoms with van der Waals surface area (Å²) in [4.78, 5) is 24.6. The van der Waals surface area contributed by atoms with E-state index in [0.717, 1.165) is 12.8 Å². The average molecular weight is 411 g/mol. The van der Waals surface area contributed by atoms with Gasteiger partial charge in [0.25, 0.3) is 5.91 Å². The van der Waals surface area contributed by atoms with Crippen molar-refractivity contribution in [2.24, 2.45) is 11.8 Å². The molecule has 2 rings (SSSR count). The summed E-state index contributed by atoms with van der Waals surface area (Å²) in [5, 5.41) is 2.69. The molecule has 28 heavy (non-hydrogen) atoms. The SMILES string of the molecule is CC[C@@H](C)[C@H](NC(=O)c1ccc(S(=O)(=O)N2CCC(C)CC2)cc1)C(=O)OC. The molecule has 8 heteroatoms. The quantitative estimate of drug-likeness (QED) is 0.697. The van der Waals surface area contributed by atoms with Gasteiger partial charge in [0.15, 0.2) is 0 Å². The topological polar surface area (TPSA) is 92.8 Å². The molecule has 1 aromatic rings. The first-order chi connectivity index (χ1) is 13.2. The van der Waals surface area contributed by atoms with Gasteiger partial charge in [-0.05, 0) is 48.9 Å². The predicted octanol–water partition coefficient (Wildman–Crippen LogP) is 2.42. The summed E-state index contributed by atoms with van der Waals surface area (Å²) in [6.45, 7) is 6.94. The third kappa shape index (κ3) is 5.11. The summed E-state index contributed by atoms with van der Waals surface area (Å²) in [6, 6.07) is 5.08. The number of methoxy groups -OCH3 is 1. The monoisotopic (exact) mass is 410 g/mol. The Morgan fingerprint density at radius 3 is 2.29 bits per heavy atom. The highest BCUT2D eigenvalue weighted by atomic mass is 32.2. The van der Waals surface area contributed by atoms with Crippen molar-refractivity contribution >= 4 is 21.9 Å². The molecule has 0 radical (unpaired) electrons. The molecule has 0 unspecified atom stereocenters. The van der Waals surface area contributed by atoms with Crippen LogP contribution in [0.15, 0.2) is 29.2 Å². The van der Waals surface area contributed by atoms with Crippen molar-refractivity contribution in [3.05, 3.63) is 29.8 Å². The summed E-state index contributed by atoms with van der Waals surface area (Å²) in [5.74, 6) is -0.490. The molecule has 1 aliphatic heterocycles. The highest BCUT2D eigenvalue weighted by Gasteiger charge is 2.29. The average Bonchev–Trinajstić information content (AvgIpc) is 2.71. The van der Waals surface area contributed by atoms with Crippen LogP contribution < -0.4 is 5.32 Å². The van der Waals surface area contributed by atoms with Crippen LogP contribution in [0.4, 0.5) is 0 Å². The van der Waals surface area contributed by atoms with Crippen LogP contribution in [0.2, 0.25) is 0 Å². The van der Waals surface area contributed by atoms with Crippen molar-refractivity contribution in [1.29, 1.82) is 0 Å². The van der Waals surface area contributed by atoms with Gasteiger partial charge in [-0.3, -0.25) is 4.79 Å². The van der Waals surface area contributed by atoms with Crippen LogP contribution in [-0.2, 0) is 19.6 Å². The van der Waals surface area contributed by atoms with Crippen LogP contribution >= 0.6 is 0 Å². The maximum atomic E-state index is 12.8. The van der Waals surface area contributed by atoms with Crippen LogP contribution in [0.5, 0.6) is 0 Å². The van der Waals surface area contributed by atoms with E-state index in [9.17, 15) is 18.0 Å². The van der Waals surface area contributed by atoms with E-state index in [0.29, 0.717) is 31.0 Å². The van der Waals surface area contributed by atoms with E-state index in [-0.39, 0.29) is 10.8 Å². The number of sulfonamides is 1. The second-order valence-corrected chi connectivity index (χ2v) is 9.41. The second-order valence-electron chi connectivity index (χ2n) is 7.47. The zero-order chi connectivity index (χ0) is 20.9. The first-order valence-corrected chi connectivity index (χ1v) is 11.1. The summed E-state index contributed by atoms with van der Waals surface area (Å²) < 4.78 is 31.8. The van der Waals surface area contributed by atoms with E-state index >= 15 is 0 Å². The fourth-order valence-electron chi connectivity index (χ4n) is 3.17. The minimum Gasteiger partial charge on any atom is -0.467 e. The predicted molar refractivity (Wildman–Crippen MR) is 106 cm³/mol. The number of ether oxygens (including phenoxy) is 1. The number of benzene rings is 1. The molecule has 0 bridgehead atoms. The van der Waals surface area contributed by atoms with Crippen LogP contribution in [-0.4, -0.2) is 50.8 Å². The van der Waals surface area contributed by atoms with Gasteiger partial charge in [-0.15, -0.1) is 0 Å². The summed E-state index contributed by atoms with van der Waals surface area (Å²) in [7, 11) is -2.28. The Bertz CT molecular complexity index is 783. The van der Waals surface area contributed by atoms with Crippen molar-refractivity contribution in [3.63, 3.8) is 0 Å². The van der Waals surface area contributed by atoms with Gasteiger partial charge in [0.2, 0.25) is 10.0 Å². The molecule has 2 atom stereocenters. The van der Waals surface area contributed by atoms with Crippen LogP contribution in [0.3, 0.4) is 0 Å². The Labute approximate surface area is 167 Å². The zero-order valence-electron chi connectivity index (χ0n) is 17.0. The molecule has 0 aromatic heterocycles. The van der Waals surface area contributed by atoms with E-state index in [1.54, 1.807) is 0 Å². The molecule has 1 saturated heterocycles. The van der Waals surface area contributed by atoms with Crippen molar-refractivity contribution < 1.29 is 22.7 Å². The molecule has 0 saturated carbocycles. The first-order valence-electron chi connectivity index (χ1n) is 9.69. The van der Waals surface area contributed by atoms with Crippen molar-refractivity contribution in [3.8, 4) is 0 Å². The number of nitrogens with one attached hydrogen (secondary N) is 1. The number of hydrogen-bond donors (Lipinski definition) is 1. The van der Waals surface area contributed by atoms with Gasteiger partial charge >= 0.3 is 5.97 Å². The minimum absolute atomic E-state index is 0.0856. The maximum absolute atomic E-state index is 12.8. The molecule has 1 fully saturated rings. The number of amides is 1. The Balaban J connectivity index is 2.12. The standard InChI is InChI=1S/C20H30N2O5S/c1-5-15(3)18(20(24)27-4)21-19(23)16-6-8-17(9-7-16)28(25,26)22-12-10-14(2)11-13-22/h6-9,14-15,18H,5,10-13H2,1-4H3,(H,21,23)/t15-,18+/m1/s1. The fourth-order valence-corrected chi connectivity index (χ4v) is 4.64. The lowest BCUT2D eigenvalue weighted by molar-refractivity contribution is -0.144. The number of hydrogen-bond acceptors (Lipinski definition) is 5. The molecule has 1 amide bonds. The third-order valence-electron chi connectivity index (χ3n) is 5.45. The molecule has 0 spiro atoms. The van der Waals surface area contributed by atoms with Gasteiger partial charge in [-0.1, -0.05) is 27.2 Å². The Hall–Kier alpha value is -1.93. The molecule has 156 valence electrons. The van der Waals surface area contributed by atoms with Gasteiger partial charge in [0, 0.05) is 18.7 Å². The maximum Gasteiger partial charge on any atom is 0.328 e. The smallest absolute Gasteiger partial charge is 0.328 e. The second kappa shape index (κ2) is 9.52. The van der Waals surface area contributed by atoms with Crippen molar-refractivity contribution in [2.75, 3.05) is 20.2 Å². The van der Waals surface area contributed by atoms with E-state index in [2.05, 4.69) is 12.2 Å². The molecule has 1 aromatic carbocycles. The Morgan fingerprint density at radius 1 is 1.21 bits per heavy atom. The zero-order valence-corrected chi connectivity index (χ0v) is 17.8. The number of carbonyl (C=O) groups excluding carboxylic acids is 2. The van der Waals surface area contributed by atoms with E-state index in [1.165, 1.54) is 35.7 Å². The van der Waals surface area contributed by atoms with Crippen LogP contribution in [0.25, 0.3) is 0 Å². The highest BCUT2D eigenvalue weighted by Crippen LogP contribution is 2.23. The lowest BCUT2D eigenvalue weighted by Crippen LogP contribution is -2.45. The number of carbonyl (C=O) groups is 2. The molecule has 1 aliphatic rings. The van der Waals surface area contributed by atoms with E-state index in [4.69, 9.17) is 4.74 Å². The molecule has 1 N–H and O–H groups in total. The molecular formula is C20H30N2O5S. The Kier molecular flexibility index (Phi) is 7.60. The van der Waals surface area contributed by atoms with E-state index in [1.807, 2.05) is 13.8 Å². The normalized spacial score (nSPS) is 18.3. The van der Waals surface area contributed by atoms with Gasteiger partial charge in [0.05, 0.1) is 12.0 Å². The molecular weight excluding hydrogens is 380 g/mol. The number of nitrogens with zero attached hydrogens (tertiary/aromatic N) is 1. The molecule has 7 nitrogen and oxygen atoms in total. The van der Waals surface area contributed by atoms with Gasteiger partial charge < -0.3 is 10.1 Å². The molecule has 0 aliphatic carbocycles. The fraction of sp³-hybridized carbons (Fsp3) is 0.600. The van der Waals surface area contributed by atoms with Crippen molar-refractivity contribution in [2.45, 2.75) is 51.0 Å². The minimum atomic E-state index is -3.56. The van der Waals surface area contributed by atoms with Gasteiger partial charge in [-0.25, -0.2) is 13.2 Å². The number of piperidine rings is 1. The van der Waals surface area contributed by atoms with Crippen LogP contribution in [0, 0.1) is 11.8 Å². The van der Waals surface area contributed by atoms with Crippen LogP contribution in [0.1, 0.15) is 50.4 Å². The Morgan fingerprint density at radius 2 is 1.79 bits per heavy atom. The lowest BCUT2D eigenvalue weighted by Gasteiger charge is -2.29.